The number of hydrogen-bond acceptors (Lipinski definition) is 0. The molecule has 0 heterocycles. The summed E-state index contributed by atoms with van der Waals surface area (Å²) < 4.78 is 0. The van der Waals surface area contributed by atoms with Crippen molar-refractivity contribution in [3.05, 3.63) is 364 Å². The molecule has 0 fully saturated rings. The molecule has 0 aliphatic heterocycles. The Labute approximate surface area is 466 Å². The molecule has 0 aromatic heterocycles. The summed E-state index contributed by atoms with van der Waals surface area (Å²) in [5, 5.41) is 15.9. The fraction of sp³-hybridized carbons (Fsp3) is 0. The molecular weight excluding hydrogens is 1130 g/mol. The van der Waals surface area contributed by atoms with E-state index in [2.05, 4.69) is 364 Å². The van der Waals surface area contributed by atoms with Crippen LogP contribution in [-0.2, 0) is 10.7 Å². The van der Waals surface area contributed by atoms with Crippen LogP contribution in [0.15, 0.2) is 364 Å². The molecule has 0 unspecified atom stereocenters. The van der Waals surface area contributed by atoms with E-state index in [4.69, 9.17) is 0 Å². The maximum atomic E-state index is 12.3. The Morgan fingerprint density at radius 2 is 0.218 bits per heavy atom. The molecule has 0 nitrogen and oxygen atoms in total. The average Bonchev–Trinajstić information content (AvgIpc) is 2.58. The minimum atomic E-state index is -6.62. The van der Waals surface area contributed by atoms with Crippen LogP contribution in [0.4, 0.5) is 0 Å². The van der Waals surface area contributed by atoms with Gasteiger partial charge in [-0.3, -0.25) is 0 Å². The zero-order valence-corrected chi connectivity index (χ0v) is 49.9. The Morgan fingerprint density at radius 1 is 0.141 bits per heavy atom. The SMILES string of the molecule is [Cl][Ru]([PH](c1ccccc1)(c1ccccc1)c1ccccc1)([PH](c1ccccc1)(c1ccccc1)c1ccccc1)([PH](c1ccccc1)(c1ccccc1)c1ccccc1)[PH](c1ccccc1)(c1ccccc1)c1ccccc1. The van der Waals surface area contributed by atoms with Crippen LogP contribution in [-0.4, -0.2) is 0 Å². The van der Waals surface area contributed by atoms with Gasteiger partial charge in [0.2, 0.25) is 0 Å². The van der Waals surface area contributed by atoms with Crippen molar-refractivity contribution in [2.24, 2.45) is 0 Å². The Morgan fingerprint density at radius 3 is 0.295 bits per heavy atom. The molecule has 0 saturated carbocycles. The van der Waals surface area contributed by atoms with E-state index >= 15 is 0 Å². The Bertz CT molecular complexity index is 2930. The van der Waals surface area contributed by atoms with Gasteiger partial charge in [0.1, 0.15) is 0 Å². The van der Waals surface area contributed by atoms with Crippen molar-refractivity contribution in [3.8, 4) is 0 Å². The first-order chi connectivity index (χ1) is 38.6. The first kappa shape index (κ1) is 52.0. The van der Waals surface area contributed by atoms with Crippen molar-refractivity contribution in [2.75, 3.05) is 0 Å². The summed E-state index contributed by atoms with van der Waals surface area (Å²) in [4.78, 5) is 0. The molecular formula is C72H64ClP4Ru. The third-order valence-corrected chi connectivity index (χ3v) is 151. The number of benzene rings is 12. The van der Waals surface area contributed by atoms with E-state index in [0.717, 1.165) is 0 Å². The molecule has 387 valence electrons. The Hall–Kier alpha value is -6.73. The van der Waals surface area contributed by atoms with Crippen LogP contribution in [0.25, 0.3) is 0 Å². The van der Waals surface area contributed by atoms with Crippen LogP contribution >= 0.6 is 32.1 Å². The molecule has 6 heteroatoms. The summed E-state index contributed by atoms with van der Waals surface area (Å²) in [6, 6.07) is 143. The molecule has 0 amide bonds. The average molecular weight is 1190 g/mol. The number of hydrogen-bond donors (Lipinski definition) is 0. The van der Waals surface area contributed by atoms with Gasteiger partial charge in [-0.2, -0.15) is 0 Å². The van der Waals surface area contributed by atoms with E-state index in [1.54, 1.807) is 0 Å². The second kappa shape index (κ2) is 22.2. The normalized spacial score (nSPS) is 13.5. The van der Waals surface area contributed by atoms with Gasteiger partial charge in [0.05, 0.1) is 0 Å². The fourth-order valence-corrected chi connectivity index (χ4v) is 218. The van der Waals surface area contributed by atoms with Gasteiger partial charge in [0.15, 0.2) is 0 Å². The molecule has 0 aliphatic carbocycles. The monoisotopic (exact) mass is 1190 g/mol. The van der Waals surface area contributed by atoms with Crippen molar-refractivity contribution in [1.82, 2.24) is 0 Å². The maximum absolute atomic E-state index is 12.3. The van der Waals surface area contributed by atoms with Crippen LogP contribution in [0.1, 0.15) is 0 Å². The number of rotatable bonds is 16. The van der Waals surface area contributed by atoms with Crippen LogP contribution in [0.2, 0.25) is 0 Å². The predicted molar refractivity (Wildman–Crippen MR) is 352 cm³/mol. The first-order valence-corrected chi connectivity index (χ1v) is 46.8. The van der Waals surface area contributed by atoms with Crippen LogP contribution in [0.3, 0.4) is 0 Å². The summed E-state index contributed by atoms with van der Waals surface area (Å²) in [6.07, 6.45) is 0. The minimum absolute atomic E-state index is 1.32. The molecule has 0 spiro atoms. The van der Waals surface area contributed by atoms with Gasteiger partial charge in [-0.1, -0.05) is 0 Å². The fourth-order valence-electron chi connectivity index (χ4n) is 13.5. The Kier molecular flexibility index (Phi) is 14.8. The summed E-state index contributed by atoms with van der Waals surface area (Å²) in [7, 11) is 5.70. The molecule has 0 atom stereocenters. The van der Waals surface area contributed by atoms with Crippen molar-refractivity contribution >= 4 is 95.7 Å². The third-order valence-electron chi connectivity index (χ3n) is 16.0. The second-order valence-electron chi connectivity index (χ2n) is 19.8. The van der Waals surface area contributed by atoms with E-state index in [1.165, 1.54) is 63.7 Å². The summed E-state index contributed by atoms with van der Waals surface area (Å²) >= 11 is 0. The van der Waals surface area contributed by atoms with E-state index in [-0.39, 0.29) is 0 Å². The molecule has 12 aromatic carbocycles. The van der Waals surface area contributed by atoms with Crippen molar-refractivity contribution in [3.63, 3.8) is 0 Å². The first-order valence-electron chi connectivity index (χ1n) is 26.8. The van der Waals surface area contributed by atoms with Gasteiger partial charge in [0, 0.05) is 0 Å². The standard InChI is InChI=1S/4C18H15P.ClH.Ru/c4*1-4-10-16(11-5-1)19(17-12-6-2-7-13-17)18-14-8-3-9-15-18;;/h4*1-15H;1H;/q;;;;;-3/p+3. The van der Waals surface area contributed by atoms with Gasteiger partial charge >= 0.3 is 470 Å². The molecule has 0 bridgehead atoms. The van der Waals surface area contributed by atoms with Gasteiger partial charge in [0.25, 0.3) is 0 Å². The van der Waals surface area contributed by atoms with Crippen LogP contribution in [0, 0.1) is 0 Å². The summed E-state index contributed by atoms with van der Waals surface area (Å²) in [5.74, 6) is 0. The Balaban J connectivity index is 1.67. The van der Waals surface area contributed by atoms with Gasteiger partial charge in [-0.25, -0.2) is 0 Å². The number of halogens is 1. The molecule has 12 aromatic rings. The van der Waals surface area contributed by atoms with E-state index in [9.17, 15) is 9.69 Å². The molecule has 0 aliphatic rings. The third kappa shape index (κ3) is 7.37. The van der Waals surface area contributed by atoms with Crippen molar-refractivity contribution in [1.29, 1.82) is 0 Å². The molecule has 0 saturated heterocycles. The summed E-state index contributed by atoms with van der Waals surface area (Å²) in [6.45, 7) is 0. The predicted octanol–water partition coefficient (Wildman–Crippen LogP) is 13.4. The van der Waals surface area contributed by atoms with E-state index < -0.39 is 33.1 Å². The molecule has 12 rings (SSSR count). The topological polar surface area (TPSA) is 0 Å². The van der Waals surface area contributed by atoms with Crippen molar-refractivity contribution < 1.29 is 10.7 Å². The van der Waals surface area contributed by atoms with Gasteiger partial charge in [-0.05, 0) is 0 Å². The molecule has 0 N–H and O–H groups in total. The van der Waals surface area contributed by atoms with E-state index in [0.29, 0.717) is 0 Å². The van der Waals surface area contributed by atoms with Gasteiger partial charge in [-0.15, -0.1) is 0 Å². The van der Waals surface area contributed by atoms with Crippen LogP contribution in [0.5, 0.6) is 0 Å². The zero-order valence-electron chi connectivity index (χ0n) is 43.4. The van der Waals surface area contributed by atoms with Crippen LogP contribution < -0.4 is 63.7 Å². The van der Waals surface area contributed by atoms with E-state index in [1.807, 2.05) is 0 Å². The quantitative estimate of drug-likeness (QED) is 0.0668. The van der Waals surface area contributed by atoms with Crippen molar-refractivity contribution in [2.45, 2.75) is 0 Å². The van der Waals surface area contributed by atoms with Gasteiger partial charge < -0.3 is 0 Å². The molecule has 78 heavy (non-hydrogen) atoms. The zero-order chi connectivity index (χ0) is 52.8. The molecule has 0 radical (unpaired) electrons. The summed E-state index contributed by atoms with van der Waals surface area (Å²) in [5.41, 5.74) is -17.0. The second-order valence-corrected chi connectivity index (χ2v) is 89.1.